The summed E-state index contributed by atoms with van der Waals surface area (Å²) in [7, 11) is 0. The predicted molar refractivity (Wildman–Crippen MR) is 80.9 cm³/mol. The van der Waals surface area contributed by atoms with Gasteiger partial charge in [-0.25, -0.2) is 13.6 Å². The van der Waals surface area contributed by atoms with Gasteiger partial charge in [-0.1, -0.05) is 12.1 Å². The molecule has 5 nitrogen and oxygen atoms in total. The molecule has 1 aromatic carbocycles. The number of urea groups is 1. The fraction of sp³-hybridized carbons (Fsp3) is 0.562. The number of ether oxygens (including phenoxy) is 1. The molecule has 2 N–H and O–H groups in total. The Morgan fingerprint density at radius 1 is 1.52 bits per heavy atom. The molecule has 23 heavy (non-hydrogen) atoms. The molecule has 1 aromatic rings. The van der Waals surface area contributed by atoms with E-state index in [9.17, 15) is 13.6 Å². The van der Waals surface area contributed by atoms with Gasteiger partial charge in [-0.2, -0.15) is 0 Å². The van der Waals surface area contributed by atoms with Gasteiger partial charge in [0.05, 0.1) is 25.4 Å². The summed E-state index contributed by atoms with van der Waals surface area (Å²) >= 11 is 0. The van der Waals surface area contributed by atoms with E-state index in [1.165, 1.54) is 12.1 Å². The minimum atomic E-state index is -0.942. The van der Waals surface area contributed by atoms with Crippen molar-refractivity contribution < 1.29 is 23.4 Å². The summed E-state index contributed by atoms with van der Waals surface area (Å²) in [5.74, 6) is -1.87. The minimum absolute atomic E-state index is 0.0570. The van der Waals surface area contributed by atoms with E-state index in [0.29, 0.717) is 13.1 Å². The van der Waals surface area contributed by atoms with Crippen LogP contribution in [0, 0.1) is 11.6 Å². The van der Waals surface area contributed by atoms with Crippen molar-refractivity contribution in [3.05, 3.63) is 35.4 Å². The molecule has 0 bridgehead atoms. The van der Waals surface area contributed by atoms with Crippen LogP contribution in [-0.4, -0.2) is 48.4 Å². The highest BCUT2D eigenvalue weighted by Gasteiger charge is 2.25. The first-order valence-corrected chi connectivity index (χ1v) is 7.74. The second-order valence-corrected chi connectivity index (χ2v) is 5.62. The Kier molecular flexibility index (Phi) is 6.29. The van der Waals surface area contributed by atoms with Gasteiger partial charge < -0.3 is 20.1 Å². The number of nitrogens with one attached hydrogen (secondary N) is 1. The van der Waals surface area contributed by atoms with Crippen molar-refractivity contribution in [3.63, 3.8) is 0 Å². The number of rotatable bonds is 5. The third-order valence-corrected chi connectivity index (χ3v) is 3.90. The molecule has 7 heteroatoms. The number of likely N-dealkylation sites (tertiary alicyclic amines) is 1. The van der Waals surface area contributed by atoms with E-state index in [2.05, 4.69) is 5.32 Å². The zero-order chi connectivity index (χ0) is 16.8. The summed E-state index contributed by atoms with van der Waals surface area (Å²) < 4.78 is 32.5. The van der Waals surface area contributed by atoms with E-state index < -0.39 is 17.7 Å². The number of aliphatic hydroxyl groups is 1. The molecule has 1 aliphatic heterocycles. The van der Waals surface area contributed by atoms with Gasteiger partial charge in [-0.15, -0.1) is 0 Å². The van der Waals surface area contributed by atoms with E-state index in [1.54, 1.807) is 11.8 Å². The van der Waals surface area contributed by atoms with Crippen LogP contribution in [0.15, 0.2) is 18.2 Å². The number of aliphatic hydroxyl groups excluding tert-OH is 1. The Balaban J connectivity index is 1.94. The van der Waals surface area contributed by atoms with Gasteiger partial charge in [0.25, 0.3) is 0 Å². The van der Waals surface area contributed by atoms with Crippen molar-refractivity contribution in [1.82, 2.24) is 10.2 Å². The van der Waals surface area contributed by atoms with Crippen molar-refractivity contribution >= 4 is 6.03 Å². The van der Waals surface area contributed by atoms with Crippen molar-refractivity contribution in [2.75, 3.05) is 26.3 Å². The maximum Gasteiger partial charge on any atom is 0.317 e. The number of benzene rings is 1. The molecule has 0 saturated carbocycles. The molecular formula is C16H22F2N2O3. The lowest BCUT2D eigenvalue weighted by Crippen LogP contribution is -2.48. The van der Waals surface area contributed by atoms with E-state index in [0.717, 1.165) is 18.9 Å². The Labute approximate surface area is 134 Å². The van der Waals surface area contributed by atoms with E-state index >= 15 is 0 Å². The Hall–Kier alpha value is -1.73. The summed E-state index contributed by atoms with van der Waals surface area (Å²) in [4.78, 5) is 13.9. The number of halogens is 2. The number of piperidine rings is 1. The van der Waals surface area contributed by atoms with E-state index in [4.69, 9.17) is 9.84 Å². The lowest BCUT2D eigenvalue weighted by atomic mass is 10.1. The SMILES string of the molecule is C[C@H](NC(=O)N1CCC[C@@H](OCCO)C1)c1cccc(F)c1F. The molecule has 0 radical (unpaired) electrons. The number of carbonyl (C=O) groups is 1. The number of hydrogen-bond donors (Lipinski definition) is 2. The molecule has 2 amide bonds. The third-order valence-electron chi connectivity index (χ3n) is 3.90. The maximum absolute atomic E-state index is 13.8. The average molecular weight is 328 g/mol. The highest BCUT2D eigenvalue weighted by atomic mass is 19.2. The van der Waals surface area contributed by atoms with Crippen LogP contribution in [-0.2, 0) is 4.74 Å². The quantitative estimate of drug-likeness (QED) is 0.871. The van der Waals surface area contributed by atoms with Crippen LogP contribution in [0.25, 0.3) is 0 Å². The first-order valence-electron chi connectivity index (χ1n) is 7.74. The van der Waals surface area contributed by atoms with Gasteiger partial charge in [0.2, 0.25) is 0 Å². The fourth-order valence-corrected chi connectivity index (χ4v) is 2.69. The smallest absolute Gasteiger partial charge is 0.317 e. The summed E-state index contributed by atoms with van der Waals surface area (Å²) in [5.41, 5.74) is 0.114. The normalized spacial score (nSPS) is 19.5. The highest BCUT2D eigenvalue weighted by Crippen LogP contribution is 2.20. The molecular weight excluding hydrogens is 306 g/mol. The molecule has 1 saturated heterocycles. The van der Waals surface area contributed by atoms with Gasteiger partial charge in [0.1, 0.15) is 0 Å². The monoisotopic (exact) mass is 328 g/mol. The maximum atomic E-state index is 13.8. The summed E-state index contributed by atoms with van der Waals surface area (Å²) in [5, 5.41) is 11.5. The molecule has 0 aliphatic carbocycles. The van der Waals surface area contributed by atoms with E-state index in [-0.39, 0.29) is 30.9 Å². The van der Waals surface area contributed by atoms with Crippen molar-refractivity contribution in [2.45, 2.75) is 31.9 Å². The predicted octanol–water partition coefficient (Wildman–Crippen LogP) is 2.21. The number of carbonyl (C=O) groups excluding carboxylic acids is 1. The van der Waals surface area contributed by atoms with Crippen LogP contribution < -0.4 is 5.32 Å². The van der Waals surface area contributed by atoms with Crippen LogP contribution in [0.4, 0.5) is 13.6 Å². The number of nitrogens with zero attached hydrogens (tertiary/aromatic N) is 1. The van der Waals surface area contributed by atoms with Crippen LogP contribution in [0.5, 0.6) is 0 Å². The first-order chi connectivity index (χ1) is 11.0. The van der Waals surface area contributed by atoms with Gasteiger partial charge in [0.15, 0.2) is 11.6 Å². The topological polar surface area (TPSA) is 61.8 Å². The van der Waals surface area contributed by atoms with Gasteiger partial charge in [0, 0.05) is 18.7 Å². The average Bonchev–Trinajstić information content (AvgIpc) is 2.55. The molecule has 2 rings (SSSR count). The highest BCUT2D eigenvalue weighted by molar-refractivity contribution is 5.74. The molecule has 1 aliphatic rings. The largest absolute Gasteiger partial charge is 0.394 e. The van der Waals surface area contributed by atoms with Crippen molar-refractivity contribution in [2.24, 2.45) is 0 Å². The number of hydrogen-bond acceptors (Lipinski definition) is 3. The minimum Gasteiger partial charge on any atom is -0.394 e. The zero-order valence-corrected chi connectivity index (χ0v) is 13.1. The van der Waals surface area contributed by atoms with Gasteiger partial charge >= 0.3 is 6.03 Å². The summed E-state index contributed by atoms with van der Waals surface area (Å²) in [6, 6.07) is 2.93. The third kappa shape index (κ3) is 4.62. The Bertz CT molecular complexity index is 542. The second kappa shape index (κ2) is 8.21. The van der Waals surface area contributed by atoms with E-state index in [1.807, 2.05) is 0 Å². The van der Waals surface area contributed by atoms with Crippen molar-refractivity contribution in [1.29, 1.82) is 0 Å². The van der Waals surface area contributed by atoms with Crippen molar-refractivity contribution in [3.8, 4) is 0 Å². The summed E-state index contributed by atoms with van der Waals surface area (Å²) in [6.45, 7) is 2.80. The molecule has 1 fully saturated rings. The first kappa shape index (κ1) is 17.6. The molecule has 1 heterocycles. The van der Waals surface area contributed by atoms with Crippen LogP contribution in [0.1, 0.15) is 31.4 Å². The molecule has 0 spiro atoms. The molecule has 0 unspecified atom stereocenters. The van der Waals surface area contributed by atoms with Gasteiger partial charge in [-0.05, 0) is 25.8 Å². The fourth-order valence-electron chi connectivity index (χ4n) is 2.69. The molecule has 0 aromatic heterocycles. The standard InChI is InChI=1S/C16H22F2N2O3/c1-11(13-5-2-6-14(17)15(13)18)19-16(22)20-7-3-4-12(10-20)23-9-8-21/h2,5-6,11-12,21H,3-4,7-10H2,1H3,(H,19,22)/t11-,12+/m0/s1. The Morgan fingerprint density at radius 3 is 3.04 bits per heavy atom. The zero-order valence-electron chi connectivity index (χ0n) is 13.1. The van der Waals surface area contributed by atoms with Gasteiger partial charge in [-0.3, -0.25) is 0 Å². The number of amides is 2. The Morgan fingerprint density at radius 2 is 2.30 bits per heavy atom. The summed E-state index contributed by atoms with van der Waals surface area (Å²) in [6.07, 6.45) is 1.52. The van der Waals surface area contributed by atoms with Crippen LogP contribution in [0.2, 0.25) is 0 Å². The van der Waals surface area contributed by atoms with Crippen LogP contribution >= 0.6 is 0 Å². The lowest BCUT2D eigenvalue weighted by molar-refractivity contribution is -0.00597. The molecule has 2 atom stereocenters. The lowest BCUT2D eigenvalue weighted by Gasteiger charge is -2.33. The van der Waals surface area contributed by atoms with Crippen LogP contribution in [0.3, 0.4) is 0 Å². The molecule has 128 valence electrons. The second-order valence-electron chi connectivity index (χ2n) is 5.62.